The molecule has 0 aliphatic carbocycles. The molecule has 1 aromatic carbocycles. The third-order valence-corrected chi connectivity index (χ3v) is 3.52. The van der Waals surface area contributed by atoms with Crippen LogP contribution in [0.15, 0.2) is 24.3 Å². The quantitative estimate of drug-likeness (QED) is 0.804. The van der Waals surface area contributed by atoms with E-state index in [-0.39, 0.29) is 6.61 Å². The molecule has 0 radical (unpaired) electrons. The summed E-state index contributed by atoms with van der Waals surface area (Å²) >= 11 is 0. The van der Waals surface area contributed by atoms with Gasteiger partial charge in [0.05, 0.1) is 13.2 Å². The molecule has 0 spiro atoms. The molecule has 1 heterocycles. The Morgan fingerprint density at radius 1 is 1.33 bits per heavy atom. The van der Waals surface area contributed by atoms with E-state index in [9.17, 15) is 0 Å². The van der Waals surface area contributed by atoms with Gasteiger partial charge in [0.25, 0.3) is 0 Å². The van der Waals surface area contributed by atoms with Crippen LogP contribution in [0.25, 0.3) is 0 Å². The van der Waals surface area contributed by atoms with Crippen molar-refractivity contribution < 1.29 is 9.84 Å². The van der Waals surface area contributed by atoms with Crippen LogP contribution in [0.5, 0.6) is 5.75 Å². The summed E-state index contributed by atoms with van der Waals surface area (Å²) in [7, 11) is 0. The molecule has 18 heavy (non-hydrogen) atoms. The summed E-state index contributed by atoms with van der Waals surface area (Å²) in [6.45, 7) is 6.02. The lowest BCUT2D eigenvalue weighted by Gasteiger charge is -2.24. The van der Waals surface area contributed by atoms with Gasteiger partial charge in [-0.15, -0.1) is 0 Å². The molecule has 1 aliphatic heterocycles. The van der Waals surface area contributed by atoms with Crippen LogP contribution in [0.3, 0.4) is 0 Å². The summed E-state index contributed by atoms with van der Waals surface area (Å²) < 4.78 is 5.71. The van der Waals surface area contributed by atoms with E-state index in [1.165, 1.54) is 18.4 Å². The molecule has 0 aromatic heterocycles. The van der Waals surface area contributed by atoms with Gasteiger partial charge in [0, 0.05) is 24.6 Å². The lowest BCUT2D eigenvalue weighted by Crippen LogP contribution is -2.32. The number of para-hydroxylation sites is 1. The zero-order chi connectivity index (χ0) is 12.8. The number of rotatable bonds is 7. The Balaban J connectivity index is 1.95. The summed E-state index contributed by atoms with van der Waals surface area (Å²) in [6.07, 6.45) is 2.38. The van der Waals surface area contributed by atoms with E-state index in [0.717, 1.165) is 32.0 Å². The Morgan fingerprint density at radius 3 is 2.94 bits per heavy atom. The van der Waals surface area contributed by atoms with E-state index in [1.807, 2.05) is 12.1 Å². The largest absolute Gasteiger partial charge is 0.493 e. The van der Waals surface area contributed by atoms with Crippen LogP contribution in [0.1, 0.15) is 31.2 Å². The summed E-state index contributed by atoms with van der Waals surface area (Å²) in [5, 5.41) is 9.13. The van der Waals surface area contributed by atoms with E-state index in [1.54, 1.807) is 0 Å². The smallest absolute Gasteiger partial charge is 0.122 e. The summed E-state index contributed by atoms with van der Waals surface area (Å²) in [4.78, 5) is 2.35. The van der Waals surface area contributed by atoms with E-state index in [0.29, 0.717) is 5.92 Å². The van der Waals surface area contributed by atoms with Gasteiger partial charge in [-0.3, -0.25) is 0 Å². The maximum absolute atomic E-state index is 9.13. The highest BCUT2D eigenvalue weighted by Gasteiger charge is 2.25. The fourth-order valence-electron chi connectivity index (χ4n) is 2.51. The third-order valence-electron chi connectivity index (χ3n) is 3.52. The van der Waals surface area contributed by atoms with Gasteiger partial charge in [-0.05, 0) is 19.0 Å². The molecule has 0 saturated heterocycles. The SMILES string of the molecule is CCCCN(CCO)CC1COc2ccccc21. The number of unbranched alkanes of at least 4 members (excludes halogenated alkanes) is 1. The van der Waals surface area contributed by atoms with Crippen LogP contribution in [0.4, 0.5) is 0 Å². The highest BCUT2D eigenvalue weighted by Crippen LogP contribution is 2.33. The molecule has 1 aliphatic rings. The van der Waals surface area contributed by atoms with Crippen molar-refractivity contribution in [2.75, 3.05) is 32.8 Å². The molecule has 1 N–H and O–H groups in total. The zero-order valence-electron chi connectivity index (χ0n) is 11.1. The molecule has 0 amide bonds. The topological polar surface area (TPSA) is 32.7 Å². The summed E-state index contributed by atoms with van der Waals surface area (Å²) in [5.41, 5.74) is 1.32. The van der Waals surface area contributed by atoms with Crippen molar-refractivity contribution in [1.29, 1.82) is 0 Å². The molecule has 3 heteroatoms. The molecule has 0 fully saturated rings. The second-order valence-corrected chi connectivity index (χ2v) is 4.92. The normalized spacial score (nSPS) is 17.8. The average Bonchev–Trinajstić information content (AvgIpc) is 2.80. The molecule has 2 rings (SSSR count). The van der Waals surface area contributed by atoms with Gasteiger partial charge in [-0.2, -0.15) is 0 Å². The second-order valence-electron chi connectivity index (χ2n) is 4.92. The standard InChI is InChI=1S/C15H23NO2/c1-2-3-8-16(9-10-17)11-13-12-18-15-7-5-4-6-14(13)15/h4-7,13,17H,2-3,8-12H2,1H3. The van der Waals surface area contributed by atoms with Crippen molar-refractivity contribution in [3.63, 3.8) is 0 Å². The predicted molar refractivity (Wildman–Crippen MR) is 73.1 cm³/mol. The van der Waals surface area contributed by atoms with Crippen molar-refractivity contribution in [3.8, 4) is 5.75 Å². The van der Waals surface area contributed by atoms with Gasteiger partial charge < -0.3 is 14.7 Å². The maximum Gasteiger partial charge on any atom is 0.122 e. The van der Waals surface area contributed by atoms with E-state index in [2.05, 4.69) is 24.0 Å². The second kappa shape index (κ2) is 6.76. The first-order valence-electron chi connectivity index (χ1n) is 6.90. The lowest BCUT2D eigenvalue weighted by molar-refractivity contribution is 0.178. The van der Waals surface area contributed by atoms with Crippen molar-refractivity contribution in [2.24, 2.45) is 0 Å². The molecule has 1 unspecified atom stereocenters. The summed E-state index contributed by atoms with van der Waals surface area (Å²) in [5.74, 6) is 1.48. The van der Waals surface area contributed by atoms with Crippen LogP contribution in [-0.2, 0) is 0 Å². The van der Waals surface area contributed by atoms with Gasteiger partial charge in [-0.1, -0.05) is 31.5 Å². The number of benzene rings is 1. The van der Waals surface area contributed by atoms with Crippen LogP contribution < -0.4 is 4.74 Å². The Hall–Kier alpha value is -1.06. The third kappa shape index (κ3) is 3.24. The van der Waals surface area contributed by atoms with Crippen molar-refractivity contribution in [3.05, 3.63) is 29.8 Å². The van der Waals surface area contributed by atoms with E-state index in [4.69, 9.17) is 9.84 Å². The van der Waals surface area contributed by atoms with Crippen LogP contribution in [0, 0.1) is 0 Å². The Bertz CT molecular complexity index is 367. The molecule has 1 atom stereocenters. The molecular weight excluding hydrogens is 226 g/mol. The minimum Gasteiger partial charge on any atom is -0.493 e. The number of aliphatic hydroxyl groups is 1. The van der Waals surface area contributed by atoms with Gasteiger partial charge >= 0.3 is 0 Å². The van der Waals surface area contributed by atoms with Crippen molar-refractivity contribution in [1.82, 2.24) is 4.90 Å². The first-order valence-corrected chi connectivity index (χ1v) is 6.90. The minimum atomic E-state index is 0.235. The maximum atomic E-state index is 9.13. The Kier molecular flexibility index (Phi) is 5.02. The first-order chi connectivity index (χ1) is 8.85. The monoisotopic (exact) mass is 249 g/mol. The molecule has 0 saturated carbocycles. The minimum absolute atomic E-state index is 0.235. The lowest BCUT2D eigenvalue weighted by atomic mass is 10.0. The van der Waals surface area contributed by atoms with Gasteiger partial charge in [0.15, 0.2) is 0 Å². The number of hydrogen-bond acceptors (Lipinski definition) is 3. The van der Waals surface area contributed by atoms with Crippen molar-refractivity contribution >= 4 is 0 Å². The fourth-order valence-corrected chi connectivity index (χ4v) is 2.51. The first kappa shape index (κ1) is 13.4. The number of ether oxygens (including phenoxy) is 1. The molecule has 1 aromatic rings. The summed E-state index contributed by atoms with van der Waals surface area (Å²) in [6, 6.07) is 8.29. The highest BCUT2D eigenvalue weighted by atomic mass is 16.5. The van der Waals surface area contributed by atoms with Gasteiger partial charge in [0.1, 0.15) is 5.75 Å². The highest BCUT2D eigenvalue weighted by molar-refractivity contribution is 5.39. The number of nitrogens with zero attached hydrogens (tertiary/aromatic N) is 1. The number of aliphatic hydroxyl groups excluding tert-OH is 1. The van der Waals surface area contributed by atoms with E-state index >= 15 is 0 Å². The van der Waals surface area contributed by atoms with E-state index < -0.39 is 0 Å². The van der Waals surface area contributed by atoms with Crippen LogP contribution in [-0.4, -0.2) is 42.9 Å². The molecule has 3 nitrogen and oxygen atoms in total. The average molecular weight is 249 g/mol. The Morgan fingerprint density at radius 2 is 2.17 bits per heavy atom. The molecule has 100 valence electrons. The van der Waals surface area contributed by atoms with Gasteiger partial charge in [0.2, 0.25) is 0 Å². The fraction of sp³-hybridized carbons (Fsp3) is 0.600. The van der Waals surface area contributed by atoms with Crippen LogP contribution >= 0.6 is 0 Å². The zero-order valence-corrected chi connectivity index (χ0v) is 11.1. The number of hydrogen-bond donors (Lipinski definition) is 1. The predicted octanol–water partition coefficient (Wildman–Crippen LogP) is 2.26. The molecular formula is C15H23NO2. The number of fused-ring (bicyclic) bond motifs is 1. The molecule has 0 bridgehead atoms. The van der Waals surface area contributed by atoms with Crippen molar-refractivity contribution in [2.45, 2.75) is 25.7 Å². The van der Waals surface area contributed by atoms with Gasteiger partial charge in [-0.25, -0.2) is 0 Å². The van der Waals surface area contributed by atoms with Crippen LogP contribution in [0.2, 0.25) is 0 Å². The Labute approximate surface area is 109 Å².